The molecule has 6 nitrogen and oxygen atoms in total. The molecule has 1 atom stereocenters. The van der Waals surface area contributed by atoms with E-state index in [9.17, 15) is 9.59 Å². The highest BCUT2D eigenvalue weighted by Gasteiger charge is 2.32. The van der Waals surface area contributed by atoms with Crippen molar-refractivity contribution >= 4 is 12.0 Å². The Kier molecular flexibility index (Phi) is 5.12. The number of amides is 2. The standard InChI is InChI=1S/C17H23N3O3/c21-16-7-6-13(10-18-16)19-14-8-15(9-14)20-17(22)23-11-12-4-2-1-3-5-12/h1-5,13-15,19H,6-11H2,(H,18,21)(H,20,22). The second kappa shape index (κ2) is 7.46. The largest absolute Gasteiger partial charge is 0.445 e. The van der Waals surface area contributed by atoms with E-state index in [2.05, 4.69) is 16.0 Å². The molecule has 1 aliphatic carbocycles. The Bertz CT molecular complexity index is 533. The van der Waals surface area contributed by atoms with Crippen molar-refractivity contribution in [2.24, 2.45) is 0 Å². The minimum atomic E-state index is -0.359. The second-order valence-electron chi connectivity index (χ2n) is 6.28. The van der Waals surface area contributed by atoms with E-state index in [1.165, 1.54) is 0 Å². The minimum Gasteiger partial charge on any atom is -0.445 e. The van der Waals surface area contributed by atoms with E-state index in [0.717, 1.165) is 24.8 Å². The van der Waals surface area contributed by atoms with Crippen molar-refractivity contribution in [3.8, 4) is 0 Å². The van der Waals surface area contributed by atoms with Gasteiger partial charge in [0.1, 0.15) is 6.61 Å². The van der Waals surface area contributed by atoms with Crippen LogP contribution in [0.25, 0.3) is 0 Å². The summed E-state index contributed by atoms with van der Waals surface area (Å²) in [7, 11) is 0. The van der Waals surface area contributed by atoms with Crippen molar-refractivity contribution in [3.05, 3.63) is 35.9 Å². The summed E-state index contributed by atoms with van der Waals surface area (Å²) in [6.07, 6.45) is 2.94. The normalized spacial score (nSPS) is 26.8. The maximum atomic E-state index is 11.8. The lowest BCUT2D eigenvalue weighted by molar-refractivity contribution is -0.122. The van der Waals surface area contributed by atoms with Crippen LogP contribution in [0.5, 0.6) is 0 Å². The van der Waals surface area contributed by atoms with E-state index in [4.69, 9.17) is 4.74 Å². The number of carbonyl (C=O) groups excluding carboxylic acids is 2. The average molecular weight is 317 g/mol. The van der Waals surface area contributed by atoms with Crippen molar-refractivity contribution < 1.29 is 14.3 Å². The van der Waals surface area contributed by atoms with Crippen molar-refractivity contribution in [2.75, 3.05) is 6.54 Å². The Balaban J connectivity index is 1.29. The van der Waals surface area contributed by atoms with Crippen LogP contribution in [0.4, 0.5) is 4.79 Å². The van der Waals surface area contributed by atoms with Gasteiger partial charge in [-0.25, -0.2) is 4.79 Å². The summed E-state index contributed by atoms with van der Waals surface area (Å²) in [5.74, 6) is 0.136. The number of rotatable bonds is 5. The zero-order valence-corrected chi connectivity index (χ0v) is 13.1. The molecule has 1 unspecified atom stereocenters. The van der Waals surface area contributed by atoms with Crippen LogP contribution in [0, 0.1) is 0 Å². The highest BCUT2D eigenvalue weighted by atomic mass is 16.5. The van der Waals surface area contributed by atoms with Crippen LogP contribution >= 0.6 is 0 Å². The van der Waals surface area contributed by atoms with Crippen LogP contribution < -0.4 is 16.0 Å². The van der Waals surface area contributed by atoms with E-state index in [1.54, 1.807) is 0 Å². The average Bonchev–Trinajstić information content (AvgIpc) is 2.54. The van der Waals surface area contributed by atoms with E-state index >= 15 is 0 Å². The Morgan fingerprint density at radius 1 is 1.17 bits per heavy atom. The summed E-state index contributed by atoms with van der Waals surface area (Å²) in [6, 6.07) is 10.6. The monoisotopic (exact) mass is 317 g/mol. The minimum absolute atomic E-state index is 0.136. The molecule has 0 radical (unpaired) electrons. The summed E-state index contributed by atoms with van der Waals surface area (Å²) in [5, 5.41) is 9.29. The van der Waals surface area contributed by atoms with Gasteiger partial charge in [-0.2, -0.15) is 0 Å². The molecule has 2 amide bonds. The Morgan fingerprint density at radius 2 is 1.96 bits per heavy atom. The summed E-state index contributed by atoms with van der Waals surface area (Å²) >= 11 is 0. The third-order valence-electron chi connectivity index (χ3n) is 4.41. The molecule has 2 fully saturated rings. The molecule has 1 saturated heterocycles. The van der Waals surface area contributed by atoms with Gasteiger partial charge in [-0.1, -0.05) is 30.3 Å². The fraction of sp³-hybridized carbons (Fsp3) is 0.529. The van der Waals surface area contributed by atoms with Gasteiger partial charge in [0.15, 0.2) is 0 Å². The first-order valence-corrected chi connectivity index (χ1v) is 8.19. The summed E-state index contributed by atoms with van der Waals surface area (Å²) in [4.78, 5) is 22.9. The number of benzene rings is 1. The first-order valence-electron chi connectivity index (χ1n) is 8.19. The molecule has 0 bridgehead atoms. The zero-order valence-electron chi connectivity index (χ0n) is 13.1. The van der Waals surface area contributed by atoms with Gasteiger partial charge in [-0.15, -0.1) is 0 Å². The quantitative estimate of drug-likeness (QED) is 0.765. The fourth-order valence-corrected chi connectivity index (χ4v) is 3.01. The molecule has 1 saturated carbocycles. The number of ether oxygens (including phenoxy) is 1. The van der Waals surface area contributed by atoms with Crippen LogP contribution in [-0.4, -0.2) is 36.7 Å². The molecule has 124 valence electrons. The van der Waals surface area contributed by atoms with Gasteiger partial charge in [0.05, 0.1) is 0 Å². The van der Waals surface area contributed by atoms with Gasteiger partial charge in [0, 0.05) is 31.1 Å². The molecule has 23 heavy (non-hydrogen) atoms. The van der Waals surface area contributed by atoms with Crippen molar-refractivity contribution in [1.82, 2.24) is 16.0 Å². The van der Waals surface area contributed by atoms with Crippen molar-refractivity contribution in [3.63, 3.8) is 0 Å². The SMILES string of the molecule is O=C1CCC(NC2CC(NC(=O)OCc3ccccc3)C2)CN1. The number of hydrogen-bond donors (Lipinski definition) is 3. The summed E-state index contributed by atoms with van der Waals surface area (Å²) in [6.45, 7) is 0.995. The maximum Gasteiger partial charge on any atom is 0.407 e. The summed E-state index contributed by atoms with van der Waals surface area (Å²) in [5.41, 5.74) is 0.982. The van der Waals surface area contributed by atoms with Crippen LogP contribution in [-0.2, 0) is 16.1 Å². The molecule has 0 spiro atoms. The predicted molar refractivity (Wildman–Crippen MR) is 85.7 cm³/mol. The fourth-order valence-electron chi connectivity index (χ4n) is 3.01. The first-order chi connectivity index (χ1) is 11.2. The molecular formula is C17H23N3O3. The Hall–Kier alpha value is -2.08. The molecule has 1 heterocycles. The van der Waals surface area contributed by atoms with E-state index < -0.39 is 0 Å². The highest BCUT2D eigenvalue weighted by Crippen LogP contribution is 2.21. The maximum absolute atomic E-state index is 11.8. The predicted octanol–water partition coefficient (Wildman–Crippen LogP) is 1.31. The third kappa shape index (κ3) is 4.69. The molecule has 6 heteroatoms. The molecule has 1 aromatic rings. The third-order valence-corrected chi connectivity index (χ3v) is 4.41. The molecule has 3 N–H and O–H groups in total. The lowest BCUT2D eigenvalue weighted by Crippen LogP contribution is -2.57. The van der Waals surface area contributed by atoms with Gasteiger partial charge in [0.2, 0.25) is 5.91 Å². The molecule has 3 rings (SSSR count). The number of hydrogen-bond acceptors (Lipinski definition) is 4. The topological polar surface area (TPSA) is 79.5 Å². The van der Waals surface area contributed by atoms with Crippen molar-refractivity contribution in [1.29, 1.82) is 0 Å². The van der Waals surface area contributed by atoms with Gasteiger partial charge < -0.3 is 20.7 Å². The van der Waals surface area contributed by atoms with E-state index in [1.807, 2.05) is 30.3 Å². The van der Waals surface area contributed by atoms with Crippen LogP contribution in [0.2, 0.25) is 0 Å². The molecule has 2 aliphatic rings. The second-order valence-corrected chi connectivity index (χ2v) is 6.28. The molecule has 0 aromatic heterocycles. The number of carbonyl (C=O) groups is 2. The number of nitrogens with one attached hydrogen (secondary N) is 3. The number of piperidine rings is 1. The van der Waals surface area contributed by atoms with Gasteiger partial charge in [-0.3, -0.25) is 4.79 Å². The highest BCUT2D eigenvalue weighted by molar-refractivity contribution is 5.76. The lowest BCUT2D eigenvalue weighted by atomic mass is 9.86. The molecule has 1 aliphatic heterocycles. The smallest absolute Gasteiger partial charge is 0.407 e. The van der Waals surface area contributed by atoms with Crippen molar-refractivity contribution in [2.45, 2.75) is 50.4 Å². The first kappa shape index (κ1) is 15.8. The Labute approximate surface area is 136 Å². The molecular weight excluding hydrogens is 294 g/mol. The van der Waals surface area contributed by atoms with E-state index in [-0.39, 0.29) is 18.0 Å². The van der Waals surface area contributed by atoms with Gasteiger partial charge in [-0.05, 0) is 24.8 Å². The Morgan fingerprint density at radius 3 is 2.65 bits per heavy atom. The zero-order chi connectivity index (χ0) is 16.1. The van der Waals surface area contributed by atoms with Crippen LogP contribution in [0.3, 0.4) is 0 Å². The number of alkyl carbamates (subject to hydrolysis) is 1. The van der Waals surface area contributed by atoms with Crippen LogP contribution in [0.15, 0.2) is 30.3 Å². The summed E-state index contributed by atoms with van der Waals surface area (Å²) < 4.78 is 5.21. The molecule has 1 aromatic carbocycles. The van der Waals surface area contributed by atoms with Crippen LogP contribution in [0.1, 0.15) is 31.2 Å². The van der Waals surface area contributed by atoms with Gasteiger partial charge in [0.25, 0.3) is 0 Å². The van der Waals surface area contributed by atoms with E-state index in [0.29, 0.717) is 31.7 Å². The van der Waals surface area contributed by atoms with Gasteiger partial charge >= 0.3 is 6.09 Å². The lowest BCUT2D eigenvalue weighted by Gasteiger charge is -2.39.